The topological polar surface area (TPSA) is 58.0 Å². The molecule has 0 aromatic carbocycles. The van der Waals surface area contributed by atoms with E-state index in [9.17, 15) is 5.11 Å². The van der Waals surface area contributed by atoms with Crippen molar-refractivity contribution in [3.8, 4) is 0 Å². The van der Waals surface area contributed by atoms with Gasteiger partial charge in [-0.1, -0.05) is 0 Å². The van der Waals surface area contributed by atoms with Gasteiger partial charge in [0.05, 0.1) is 17.8 Å². The van der Waals surface area contributed by atoms with Crippen LogP contribution in [0.15, 0.2) is 12.1 Å². The summed E-state index contributed by atoms with van der Waals surface area (Å²) in [4.78, 5) is 0. The average Bonchev–Trinajstić information content (AvgIpc) is 2.15. The van der Waals surface area contributed by atoms with Crippen molar-refractivity contribution in [2.45, 2.75) is 31.9 Å². The second-order valence-corrected chi connectivity index (χ2v) is 3.46. The van der Waals surface area contributed by atoms with Crippen LogP contribution in [0.1, 0.15) is 18.5 Å². The number of hydrogen-bond donors (Lipinski definition) is 2. The van der Waals surface area contributed by atoms with Gasteiger partial charge in [0.25, 0.3) is 0 Å². The predicted molar refractivity (Wildman–Crippen MR) is 49.4 cm³/mol. The van der Waals surface area contributed by atoms with E-state index in [-0.39, 0.29) is 12.1 Å². The third-order valence-corrected chi connectivity index (χ3v) is 2.37. The van der Waals surface area contributed by atoms with Gasteiger partial charge in [0.1, 0.15) is 5.82 Å². The van der Waals surface area contributed by atoms with Crippen LogP contribution in [0, 0.1) is 6.92 Å². The third kappa shape index (κ3) is 1.78. The molecular weight excluding hydrogens is 166 g/mol. The van der Waals surface area contributed by atoms with Crippen LogP contribution in [0.2, 0.25) is 0 Å². The Hall–Kier alpha value is -1.16. The number of anilines is 1. The molecule has 1 saturated carbocycles. The van der Waals surface area contributed by atoms with Gasteiger partial charge in [-0.05, 0) is 31.9 Å². The molecule has 4 heteroatoms. The zero-order chi connectivity index (χ0) is 9.26. The fourth-order valence-corrected chi connectivity index (χ4v) is 1.32. The van der Waals surface area contributed by atoms with Crippen molar-refractivity contribution in [1.82, 2.24) is 10.2 Å². The Kier molecular flexibility index (Phi) is 2.14. The Morgan fingerprint density at radius 1 is 1.38 bits per heavy atom. The van der Waals surface area contributed by atoms with Crippen LogP contribution in [0.3, 0.4) is 0 Å². The summed E-state index contributed by atoms with van der Waals surface area (Å²) in [6.07, 6.45) is 1.68. The van der Waals surface area contributed by atoms with Crippen LogP contribution in [0.5, 0.6) is 0 Å². The number of aliphatic hydroxyl groups excluding tert-OH is 1. The summed E-state index contributed by atoms with van der Waals surface area (Å²) in [5.74, 6) is 0.745. The Balaban J connectivity index is 1.98. The molecule has 2 rings (SSSR count). The second-order valence-electron chi connectivity index (χ2n) is 3.46. The molecule has 2 unspecified atom stereocenters. The lowest BCUT2D eigenvalue weighted by Gasteiger charge is -2.33. The second kappa shape index (κ2) is 3.30. The summed E-state index contributed by atoms with van der Waals surface area (Å²) in [5, 5.41) is 20.3. The van der Waals surface area contributed by atoms with Gasteiger partial charge in [0.2, 0.25) is 0 Å². The lowest BCUT2D eigenvalue weighted by Crippen LogP contribution is -2.42. The molecule has 2 N–H and O–H groups in total. The van der Waals surface area contributed by atoms with Crippen molar-refractivity contribution in [2.24, 2.45) is 0 Å². The molecule has 0 bridgehead atoms. The molecule has 0 radical (unpaired) electrons. The summed E-state index contributed by atoms with van der Waals surface area (Å²) in [6.45, 7) is 1.90. The van der Waals surface area contributed by atoms with Crippen LogP contribution in [-0.4, -0.2) is 27.4 Å². The van der Waals surface area contributed by atoms with E-state index in [2.05, 4.69) is 15.5 Å². The van der Waals surface area contributed by atoms with Gasteiger partial charge in [-0.2, -0.15) is 5.10 Å². The van der Waals surface area contributed by atoms with E-state index in [0.717, 1.165) is 24.4 Å². The minimum Gasteiger partial charge on any atom is -0.391 e. The summed E-state index contributed by atoms with van der Waals surface area (Å²) in [7, 11) is 0. The van der Waals surface area contributed by atoms with E-state index in [0.29, 0.717) is 0 Å². The maximum Gasteiger partial charge on any atom is 0.148 e. The first kappa shape index (κ1) is 8.44. The number of nitrogens with one attached hydrogen (secondary N) is 1. The van der Waals surface area contributed by atoms with Crippen LogP contribution in [-0.2, 0) is 0 Å². The summed E-state index contributed by atoms with van der Waals surface area (Å²) in [5.41, 5.74) is 0.903. The molecular formula is C9H13N3O. The first-order valence-corrected chi connectivity index (χ1v) is 4.50. The highest BCUT2D eigenvalue weighted by Crippen LogP contribution is 2.22. The molecule has 1 aromatic heterocycles. The van der Waals surface area contributed by atoms with Gasteiger partial charge in [-0.15, -0.1) is 5.10 Å². The maximum atomic E-state index is 9.31. The lowest BCUT2D eigenvalue weighted by atomic mass is 9.89. The smallest absolute Gasteiger partial charge is 0.148 e. The molecule has 1 aliphatic rings. The van der Waals surface area contributed by atoms with E-state index in [4.69, 9.17) is 0 Å². The number of rotatable bonds is 2. The SMILES string of the molecule is Cc1ccc(NC2CCC2O)nn1. The third-order valence-electron chi connectivity index (χ3n) is 2.37. The molecule has 0 aliphatic heterocycles. The van der Waals surface area contributed by atoms with E-state index >= 15 is 0 Å². The maximum absolute atomic E-state index is 9.31. The van der Waals surface area contributed by atoms with E-state index < -0.39 is 0 Å². The molecule has 0 spiro atoms. The number of aromatic nitrogens is 2. The highest BCUT2D eigenvalue weighted by atomic mass is 16.3. The van der Waals surface area contributed by atoms with Crippen molar-refractivity contribution >= 4 is 5.82 Å². The molecule has 0 amide bonds. The van der Waals surface area contributed by atoms with Crippen LogP contribution < -0.4 is 5.32 Å². The first-order chi connectivity index (χ1) is 6.25. The first-order valence-electron chi connectivity index (χ1n) is 4.50. The standard InChI is InChI=1S/C9H13N3O/c1-6-2-5-9(12-11-6)10-7-3-4-8(7)13/h2,5,7-8,13H,3-4H2,1H3,(H,10,12). The quantitative estimate of drug-likeness (QED) is 0.702. The van der Waals surface area contributed by atoms with Crippen molar-refractivity contribution in [2.75, 3.05) is 5.32 Å². The predicted octanol–water partition coefficient (Wildman–Crippen LogP) is 0.720. The molecule has 1 aromatic rings. The number of nitrogens with zero attached hydrogens (tertiary/aromatic N) is 2. The normalized spacial score (nSPS) is 26.6. The molecule has 4 nitrogen and oxygen atoms in total. The highest BCUT2D eigenvalue weighted by molar-refractivity contribution is 5.35. The molecule has 1 fully saturated rings. The van der Waals surface area contributed by atoms with Crippen LogP contribution in [0.4, 0.5) is 5.82 Å². The number of aryl methyl sites for hydroxylation is 1. The van der Waals surface area contributed by atoms with Gasteiger partial charge >= 0.3 is 0 Å². The average molecular weight is 179 g/mol. The van der Waals surface area contributed by atoms with Crippen LogP contribution in [0.25, 0.3) is 0 Å². The lowest BCUT2D eigenvalue weighted by molar-refractivity contribution is 0.0784. The molecule has 0 saturated heterocycles. The van der Waals surface area contributed by atoms with Gasteiger partial charge < -0.3 is 10.4 Å². The monoisotopic (exact) mass is 179 g/mol. The van der Waals surface area contributed by atoms with Gasteiger partial charge in [0.15, 0.2) is 0 Å². The Morgan fingerprint density at radius 2 is 2.23 bits per heavy atom. The minimum absolute atomic E-state index is 0.164. The van der Waals surface area contributed by atoms with Gasteiger partial charge in [-0.3, -0.25) is 0 Å². The van der Waals surface area contributed by atoms with E-state index in [1.165, 1.54) is 0 Å². The van der Waals surface area contributed by atoms with Gasteiger partial charge in [-0.25, -0.2) is 0 Å². The fraction of sp³-hybridized carbons (Fsp3) is 0.556. The highest BCUT2D eigenvalue weighted by Gasteiger charge is 2.28. The molecule has 70 valence electrons. The largest absolute Gasteiger partial charge is 0.391 e. The van der Waals surface area contributed by atoms with Crippen molar-refractivity contribution in [1.29, 1.82) is 0 Å². The minimum atomic E-state index is -0.219. The molecule has 1 aliphatic carbocycles. The molecule has 2 atom stereocenters. The van der Waals surface area contributed by atoms with Crippen molar-refractivity contribution < 1.29 is 5.11 Å². The molecule has 13 heavy (non-hydrogen) atoms. The van der Waals surface area contributed by atoms with Crippen molar-refractivity contribution in [3.63, 3.8) is 0 Å². The van der Waals surface area contributed by atoms with Crippen molar-refractivity contribution in [3.05, 3.63) is 17.8 Å². The summed E-state index contributed by atoms with van der Waals surface area (Å²) < 4.78 is 0. The molecule has 1 heterocycles. The zero-order valence-electron chi connectivity index (χ0n) is 7.57. The Bertz CT molecular complexity index is 285. The summed E-state index contributed by atoms with van der Waals surface area (Å²) in [6, 6.07) is 3.95. The van der Waals surface area contributed by atoms with E-state index in [1.54, 1.807) is 0 Å². The van der Waals surface area contributed by atoms with Gasteiger partial charge in [0, 0.05) is 0 Å². The zero-order valence-corrected chi connectivity index (χ0v) is 7.57. The van der Waals surface area contributed by atoms with E-state index in [1.807, 2.05) is 19.1 Å². The Labute approximate surface area is 77.0 Å². The Morgan fingerprint density at radius 3 is 2.69 bits per heavy atom. The van der Waals surface area contributed by atoms with Crippen LogP contribution >= 0.6 is 0 Å². The number of hydrogen-bond acceptors (Lipinski definition) is 4. The summed E-state index contributed by atoms with van der Waals surface area (Å²) >= 11 is 0. The number of aliphatic hydroxyl groups is 1. The fourth-order valence-electron chi connectivity index (χ4n) is 1.32.